The van der Waals surface area contributed by atoms with Gasteiger partial charge in [-0.3, -0.25) is 4.90 Å². The van der Waals surface area contributed by atoms with Gasteiger partial charge in [0, 0.05) is 25.7 Å². The van der Waals surface area contributed by atoms with Crippen LogP contribution in [0.15, 0.2) is 0 Å². The number of aliphatic hydroxyl groups excluding tert-OH is 1. The number of nitrogens with zero attached hydrogens (tertiary/aromatic N) is 1. The maximum atomic E-state index is 8.76. The van der Waals surface area contributed by atoms with Crippen molar-refractivity contribution in [3.05, 3.63) is 0 Å². The van der Waals surface area contributed by atoms with E-state index in [2.05, 4.69) is 10.2 Å². The minimum Gasteiger partial charge on any atom is -0.396 e. The molecule has 1 fully saturated rings. The molecule has 3 nitrogen and oxygen atoms in total. The Bertz CT molecular complexity index is 116. The summed E-state index contributed by atoms with van der Waals surface area (Å²) in [7, 11) is 2.00. The molecule has 0 aromatic carbocycles. The Labute approximate surface area is 81.1 Å². The third kappa shape index (κ3) is 3.63. The number of hydrogen-bond acceptors (Lipinski definition) is 3. The summed E-state index contributed by atoms with van der Waals surface area (Å²) in [5.41, 5.74) is 0. The van der Waals surface area contributed by atoms with E-state index in [0.29, 0.717) is 6.61 Å². The van der Waals surface area contributed by atoms with E-state index in [1.165, 1.54) is 25.8 Å². The van der Waals surface area contributed by atoms with Gasteiger partial charge in [-0.1, -0.05) is 0 Å². The molecule has 0 amide bonds. The molecule has 0 aromatic heterocycles. The predicted octanol–water partition coefficient (Wildman–Crippen LogP) is 0.443. The summed E-state index contributed by atoms with van der Waals surface area (Å²) in [6.07, 6.45) is 4.78. The van der Waals surface area contributed by atoms with Gasteiger partial charge < -0.3 is 10.4 Å². The van der Waals surface area contributed by atoms with Crippen molar-refractivity contribution < 1.29 is 5.11 Å². The number of nitrogens with one attached hydrogen (secondary N) is 1. The van der Waals surface area contributed by atoms with Gasteiger partial charge in [-0.2, -0.15) is 0 Å². The van der Waals surface area contributed by atoms with Crippen LogP contribution in [0.5, 0.6) is 0 Å². The van der Waals surface area contributed by atoms with Gasteiger partial charge in [0.1, 0.15) is 0 Å². The number of likely N-dealkylation sites (N-methyl/N-ethyl adjacent to an activating group) is 1. The molecule has 1 aliphatic heterocycles. The summed E-state index contributed by atoms with van der Waals surface area (Å²) in [6, 6.07) is 0.737. The highest BCUT2D eigenvalue weighted by molar-refractivity contribution is 4.79. The number of aliphatic hydroxyl groups is 1. The first-order chi connectivity index (χ1) is 6.38. The van der Waals surface area contributed by atoms with Crippen molar-refractivity contribution >= 4 is 0 Å². The second kappa shape index (κ2) is 6.35. The second-order valence-electron chi connectivity index (χ2n) is 3.80. The normalized spacial score (nSPS) is 24.0. The quantitative estimate of drug-likeness (QED) is 0.632. The summed E-state index contributed by atoms with van der Waals surface area (Å²) < 4.78 is 0. The average Bonchev–Trinajstić information content (AvgIpc) is 2.59. The van der Waals surface area contributed by atoms with E-state index in [-0.39, 0.29) is 0 Å². The lowest BCUT2D eigenvalue weighted by atomic mass is 10.1. The fraction of sp³-hybridized carbons (Fsp3) is 1.00. The zero-order valence-corrected chi connectivity index (χ0v) is 8.63. The highest BCUT2D eigenvalue weighted by Gasteiger charge is 2.22. The second-order valence-corrected chi connectivity index (χ2v) is 3.80. The first-order valence-electron chi connectivity index (χ1n) is 5.38. The molecule has 1 unspecified atom stereocenters. The molecule has 1 atom stereocenters. The lowest BCUT2D eigenvalue weighted by Crippen LogP contribution is -2.34. The summed E-state index contributed by atoms with van der Waals surface area (Å²) in [6.45, 7) is 3.83. The molecule has 0 bridgehead atoms. The van der Waals surface area contributed by atoms with Crippen LogP contribution >= 0.6 is 0 Å². The van der Waals surface area contributed by atoms with Crippen molar-refractivity contribution in [1.29, 1.82) is 0 Å². The molecule has 0 aliphatic carbocycles. The Hall–Kier alpha value is -0.120. The first kappa shape index (κ1) is 11.0. The molecule has 1 aliphatic rings. The van der Waals surface area contributed by atoms with Crippen LogP contribution in [0.4, 0.5) is 0 Å². The molecular formula is C10H22N2O. The summed E-state index contributed by atoms with van der Waals surface area (Å²) in [5, 5.41) is 11.9. The van der Waals surface area contributed by atoms with Crippen LogP contribution in [-0.4, -0.2) is 49.3 Å². The topological polar surface area (TPSA) is 35.5 Å². The highest BCUT2D eigenvalue weighted by Crippen LogP contribution is 2.20. The SMILES string of the molecule is CNCCN1CCCC1CCCO. The number of likely N-dealkylation sites (tertiary alicyclic amines) is 1. The van der Waals surface area contributed by atoms with Crippen LogP contribution in [0.1, 0.15) is 25.7 Å². The van der Waals surface area contributed by atoms with Crippen LogP contribution in [-0.2, 0) is 0 Å². The van der Waals surface area contributed by atoms with Gasteiger partial charge in [0.15, 0.2) is 0 Å². The molecule has 1 saturated heterocycles. The molecule has 0 spiro atoms. The maximum absolute atomic E-state index is 8.76. The molecule has 0 saturated carbocycles. The van der Waals surface area contributed by atoms with Gasteiger partial charge in [-0.05, 0) is 39.3 Å². The average molecular weight is 186 g/mol. The Morgan fingerprint density at radius 1 is 1.54 bits per heavy atom. The minimum atomic E-state index is 0.344. The Balaban J connectivity index is 2.18. The van der Waals surface area contributed by atoms with Crippen LogP contribution in [0.25, 0.3) is 0 Å². The fourth-order valence-corrected chi connectivity index (χ4v) is 2.10. The molecule has 2 N–H and O–H groups in total. The molecular weight excluding hydrogens is 164 g/mol. The fourth-order valence-electron chi connectivity index (χ4n) is 2.10. The van der Waals surface area contributed by atoms with Crippen molar-refractivity contribution in [2.24, 2.45) is 0 Å². The lowest BCUT2D eigenvalue weighted by molar-refractivity contribution is 0.217. The Kier molecular flexibility index (Phi) is 5.35. The van der Waals surface area contributed by atoms with E-state index in [0.717, 1.165) is 25.6 Å². The Morgan fingerprint density at radius 3 is 3.08 bits per heavy atom. The molecule has 1 heterocycles. The zero-order valence-electron chi connectivity index (χ0n) is 8.63. The number of hydrogen-bond donors (Lipinski definition) is 2. The molecule has 13 heavy (non-hydrogen) atoms. The summed E-state index contributed by atoms with van der Waals surface area (Å²) >= 11 is 0. The van der Waals surface area contributed by atoms with E-state index < -0.39 is 0 Å². The zero-order chi connectivity index (χ0) is 9.52. The van der Waals surface area contributed by atoms with Crippen molar-refractivity contribution in [1.82, 2.24) is 10.2 Å². The summed E-state index contributed by atoms with van der Waals surface area (Å²) in [4.78, 5) is 2.55. The van der Waals surface area contributed by atoms with Gasteiger partial charge in [-0.15, -0.1) is 0 Å². The molecule has 1 rings (SSSR count). The Morgan fingerprint density at radius 2 is 2.38 bits per heavy atom. The van der Waals surface area contributed by atoms with Gasteiger partial charge >= 0.3 is 0 Å². The molecule has 0 radical (unpaired) electrons. The third-order valence-electron chi connectivity index (χ3n) is 2.84. The highest BCUT2D eigenvalue weighted by atomic mass is 16.2. The third-order valence-corrected chi connectivity index (χ3v) is 2.84. The molecule has 0 aromatic rings. The largest absolute Gasteiger partial charge is 0.396 e. The smallest absolute Gasteiger partial charge is 0.0431 e. The maximum Gasteiger partial charge on any atom is 0.0431 e. The van der Waals surface area contributed by atoms with Gasteiger partial charge in [0.2, 0.25) is 0 Å². The first-order valence-corrected chi connectivity index (χ1v) is 5.38. The summed E-state index contributed by atoms with van der Waals surface area (Å²) in [5.74, 6) is 0. The molecule has 78 valence electrons. The van der Waals surface area contributed by atoms with Crippen LogP contribution in [0.2, 0.25) is 0 Å². The van der Waals surface area contributed by atoms with Crippen molar-refractivity contribution in [2.45, 2.75) is 31.7 Å². The van der Waals surface area contributed by atoms with E-state index in [1.54, 1.807) is 0 Å². The van der Waals surface area contributed by atoms with E-state index in [1.807, 2.05) is 7.05 Å². The monoisotopic (exact) mass is 186 g/mol. The van der Waals surface area contributed by atoms with Crippen molar-refractivity contribution in [2.75, 3.05) is 33.3 Å². The van der Waals surface area contributed by atoms with E-state index >= 15 is 0 Å². The van der Waals surface area contributed by atoms with Crippen LogP contribution < -0.4 is 5.32 Å². The van der Waals surface area contributed by atoms with E-state index in [4.69, 9.17) is 5.11 Å². The van der Waals surface area contributed by atoms with Gasteiger partial charge in [-0.25, -0.2) is 0 Å². The van der Waals surface area contributed by atoms with E-state index in [9.17, 15) is 0 Å². The predicted molar refractivity (Wildman–Crippen MR) is 54.8 cm³/mol. The van der Waals surface area contributed by atoms with Gasteiger partial charge in [0.25, 0.3) is 0 Å². The molecule has 3 heteroatoms. The minimum absolute atomic E-state index is 0.344. The van der Waals surface area contributed by atoms with Crippen LogP contribution in [0, 0.1) is 0 Å². The van der Waals surface area contributed by atoms with Crippen LogP contribution in [0.3, 0.4) is 0 Å². The number of rotatable bonds is 6. The van der Waals surface area contributed by atoms with Crippen molar-refractivity contribution in [3.8, 4) is 0 Å². The lowest BCUT2D eigenvalue weighted by Gasteiger charge is -2.23. The standard InChI is InChI=1S/C10H22N2O/c1-11-6-8-12-7-2-4-10(12)5-3-9-13/h10-11,13H,2-9H2,1H3. The van der Waals surface area contributed by atoms with Crippen molar-refractivity contribution in [3.63, 3.8) is 0 Å². The van der Waals surface area contributed by atoms with Gasteiger partial charge in [0.05, 0.1) is 0 Å².